The normalized spacial score (nSPS) is 14.6. The molecule has 1 N–H and O–H groups in total. The summed E-state index contributed by atoms with van der Waals surface area (Å²) in [5.74, 6) is 0.444. The van der Waals surface area contributed by atoms with E-state index >= 15 is 0 Å². The Labute approximate surface area is 212 Å². The molecular formula is C28H27FN6O2. The van der Waals surface area contributed by atoms with Crippen LogP contribution in [0, 0.1) is 5.82 Å². The molecule has 8 nitrogen and oxygen atoms in total. The number of fused-ring (bicyclic) bond motifs is 2. The summed E-state index contributed by atoms with van der Waals surface area (Å²) in [4.78, 5) is 37.1. The predicted molar refractivity (Wildman–Crippen MR) is 143 cm³/mol. The van der Waals surface area contributed by atoms with Crippen LogP contribution in [0.2, 0.25) is 0 Å². The number of H-pyrrole nitrogens is 1. The van der Waals surface area contributed by atoms with Gasteiger partial charge in [-0.2, -0.15) is 4.98 Å². The molecule has 0 radical (unpaired) electrons. The summed E-state index contributed by atoms with van der Waals surface area (Å²) in [6.45, 7) is 4.21. The van der Waals surface area contributed by atoms with Crippen LogP contribution >= 0.6 is 0 Å². The number of nitrogens with zero attached hydrogens (tertiary/aromatic N) is 5. The minimum absolute atomic E-state index is 0.233. The summed E-state index contributed by atoms with van der Waals surface area (Å²) < 4.78 is 16.6. The summed E-state index contributed by atoms with van der Waals surface area (Å²) >= 11 is 0. The number of imidazole rings is 1. The Morgan fingerprint density at radius 2 is 1.62 bits per heavy atom. The standard InChI is InChI=1S/C28H27FN6O2/c1-32-25-24(26(36)31-28(32)37)35(18-21-7-4-6-20-5-2-3-8-23(20)21)27(30-25)34-15-13-33(14-16-34)17-19-9-11-22(29)12-10-19/h2-12H,13-18H2,1H3,(H,31,36,37). The zero-order valence-electron chi connectivity index (χ0n) is 20.5. The summed E-state index contributed by atoms with van der Waals surface area (Å²) in [6.07, 6.45) is 0. The fourth-order valence-electron chi connectivity index (χ4n) is 5.17. The van der Waals surface area contributed by atoms with E-state index in [4.69, 9.17) is 4.98 Å². The molecular weight excluding hydrogens is 471 g/mol. The fourth-order valence-corrected chi connectivity index (χ4v) is 5.17. The largest absolute Gasteiger partial charge is 0.340 e. The lowest BCUT2D eigenvalue weighted by Gasteiger charge is -2.35. The number of anilines is 1. The third-order valence-corrected chi connectivity index (χ3v) is 7.17. The molecule has 1 aliphatic heterocycles. The quantitative estimate of drug-likeness (QED) is 0.403. The SMILES string of the molecule is Cn1c(=O)[nH]c(=O)c2c1nc(N1CCN(Cc3ccc(F)cc3)CC1)n2Cc1cccc2ccccc12. The maximum atomic E-state index is 13.3. The van der Waals surface area contributed by atoms with E-state index < -0.39 is 11.2 Å². The molecule has 5 aromatic rings. The molecule has 2 aromatic heterocycles. The molecule has 188 valence electrons. The van der Waals surface area contributed by atoms with E-state index in [9.17, 15) is 14.0 Å². The van der Waals surface area contributed by atoms with Crippen molar-refractivity contribution in [2.75, 3.05) is 31.1 Å². The van der Waals surface area contributed by atoms with Crippen LogP contribution in [-0.4, -0.2) is 50.2 Å². The highest BCUT2D eigenvalue weighted by Crippen LogP contribution is 2.26. The number of piperazine rings is 1. The molecule has 0 spiro atoms. The summed E-state index contributed by atoms with van der Waals surface area (Å²) in [5.41, 5.74) is 1.98. The number of hydrogen-bond acceptors (Lipinski definition) is 5. The van der Waals surface area contributed by atoms with E-state index in [1.54, 1.807) is 7.05 Å². The third-order valence-electron chi connectivity index (χ3n) is 7.17. The molecule has 3 heterocycles. The first-order valence-corrected chi connectivity index (χ1v) is 12.4. The molecule has 9 heteroatoms. The molecule has 0 atom stereocenters. The molecule has 1 aliphatic rings. The fraction of sp³-hybridized carbons (Fsp3) is 0.250. The lowest BCUT2D eigenvalue weighted by atomic mass is 10.0. The van der Waals surface area contributed by atoms with E-state index in [1.807, 2.05) is 34.9 Å². The van der Waals surface area contributed by atoms with Gasteiger partial charge in [-0.15, -0.1) is 0 Å². The van der Waals surface area contributed by atoms with Gasteiger partial charge in [-0.25, -0.2) is 9.18 Å². The van der Waals surface area contributed by atoms with Gasteiger partial charge in [0, 0.05) is 39.8 Å². The van der Waals surface area contributed by atoms with Crippen molar-refractivity contribution in [3.63, 3.8) is 0 Å². The van der Waals surface area contributed by atoms with Gasteiger partial charge in [0.1, 0.15) is 5.82 Å². The molecule has 37 heavy (non-hydrogen) atoms. The monoisotopic (exact) mass is 498 g/mol. The second-order valence-electron chi connectivity index (χ2n) is 9.52. The smallest absolute Gasteiger partial charge is 0.329 e. The van der Waals surface area contributed by atoms with Crippen molar-refractivity contribution in [3.8, 4) is 0 Å². The Balaban J connectivity index is 1.36. The van der Waals surface area contributed by atoms with Gasteiger partial charge in [0.15, 0.2) is 11.2 Å². The molecule has 0 saturated carbocycles. The van der Waals surface area contributed by atoms with Crippen molar-refractivity contribution in [2.45, 2.75) is 13.1 Å². The predicted octanol–water partition coefficient (Wildman–Crippen LogP) is 3.09. The van der Waals surface area contributed by atoms with Crippen LogP contribution < -0.4 is 16.1 Å². The van der Waals surface area contributed by atoms with E-state index in [-0.39, 0.29) is 5.82 Å². The van der Waals surface area contributed by atoms with Crippen LogP contribution in [0.25, 0.3) is 21.9 Å². The Kier molecular flexibility index (Phi) is 5.84. The number of aryl methyl sites for hydroxylation is 1. The average molecular weight is 499 g/mol. The summed E-state index contributed by atoms with van der Waals surface area (Å²) in [5, 5.41) is 2.24. The zero-order chi connectivity index (χ0) is 25.5. The third kappa shape index (κ3) is 4.31. The maximum Gasteiger partial charge on any atom is 0.329 e. The first-order chi connectivity index (χ1) is 18.0. The van der Waals surface area contributed by atoms with Crippen LogP contribution in [0.5, 0.6) is 0 Å². The minimum Gasteiger partial charge on any atom is -0.340 e. The highest BCUT2D eigenvalue weighted by molar-refractivity contribution is 5.86. The number of aromatic amines is 1. The van der Waals surface area contributed by atoms with Crippen LogP contribution in [-0.2, 0) is 20.1 Å². The number of hydrogen-bond donors (Lipinski definition) is 1. The van der Waals surface area contributed by atoms with Crippen molar-refractivity contribution in [3.05, 3.63) is 105 Å². The second-order valence-corrected chi connectivity index (χ2v) is 9.52. The molecule has 0 bridgehead atoms. The maximum absolute atomic E-state index is 13.3. The van der Waals surface area contributed by atoms with Gasteiger partial charge in [0.25, 0.3) is 5.56 Å². The van der Waals surface area contributed by atoms with Gasteiger partial charge in [-0.3, -0.25) is 23.8 Å². The lowest BCUT2D eigenvalue weighted by Crippen LogP contribution is -2.47. The Bertz CT molecular complexity index is 1710. The minimum atomic E-state index is -0.483. The van der Waals surface area contributed by atoms with E-state index in [2.05, 4.69) is 39.0 Å². The molecule has 6 rings (SSSR count). The van der Waals surface area contributed by atoms with Crippen molar-refractivity contribution < 1.29 is 4.39 Å². The first kappa shape index (κ1) is 23.2. The number of aromatic nitrogens is 4. The van der Waals surface area contributed by atoms with Gasteiger partial charge >= 0.3 is 5.69 Å². The first-order valence-electron chi connectivity index (χ1n) is 12.4. The van der Waals surface area contributed by atoms with Gasteiger partial charge in [0.05, 0.1) is 6.54 Å². The van der Waals surface area contributed by atoms with Gasteiger partial charge in [-0.1, -0.05) is 54.6 Å². The number of rotatable bonds is 5. The van der Waals surface area contributed by atoms with Crippen LogP contribution in [0.3, 0.4) is 0 Å². The summed E-state index contributed by atoms with van der Waals surface area (Å²) in [7, 11) is 1.63. The molecule has 0 aliphatic carbocycles. The highest BCUT2D eigenvalue weighted by Gasteiger charge is 2.25. The molecule has 1 saturated heterocycles. The molecule has 3 aromatic carbocycles. The number of benzene rings is 3. The second kappa shape index (κ2) is 9.33. The van der Waals surface area contributed by atoms with Crippen molar-refractivity contribution in [1.29, 1.82) is 0 Å². The van der Waals surface area contributed by atoms with E-state index in [0.717, 1.165) is 41.5 Å². The average Bonchev–Trinajstić information content (AvgIpc) is 3.29. The van der Waals surface area contributed by atoms with E-state index in [1.165, 1.54) is 16.7 Å². The Morgan fingerprint density at radius 1 is 0.892 bits per heavy atom. The Morgan fingerprint density at radius 3 is 2.41 bits per heavy atom. The number of halogens is 1. The van der Waals surface area contributed by atoms with E-state index in [0.29, 0.717) is 36.7 Å². The topological polar surface area (TPSA) is 79.2 Å². The molecule has 0 amide bonds. The lowest BCUT2D eigenvalue weighted by molar-refractivity contribution is 0.248. The van der Waals surface area contributed by atoms with Gasteiger partial charge in [0.2, 0.25) is 5.95 Å². The highest BCUT2D eigenvalue weighted by atomic mass is 19.1. The Hall–Kier alpha value is -4.24. The van der Waals surface area contributed by atoms with Crippen molar-refractivity contribution in [1.82, 2.24) is 24.0 Å². The molecule has 0 unspecified atom stereocenters. The van der Waals surface area contributed by atoms with Crippen LogP contribution in [0.4, 0.5) is 10.3 Å². The van der Waals surface area contributed by atoms with Crippen molar-refractivity contribution in [2.24, 2.45) is 7.05 Å². The van der Waals surface area contributed by atoms with Crippen LogP contribution in [0.15, 0.2) is 76.3 Å². The number of nitrogens with one attached hydrogen (secondary N) is 1. The zero-order valence-corrected chi connectivity index (χ0v) is 20.5. The van der Waals surface area contributed by atoms with Gasteiger partial charge in [-0.05, 0) is 34.0 Å². The summed E-state index contributed by atoms with van der Waals surface area (Å²) in [6, 6.07) is 20.9. The van der Waals surface area contributed by atoms with Crippen molar-refractivity contribution >= 4 is 27.9 Å². The molecule has 1 fully saturated rings. The van der Waals surface area contributed by atoms with Crippen LogP contribution in [0.1, 0.15) is 11.1 Å². The van der Waals surface area contributed by atoms with Gasteiger partial charge < -0.3 is 4.90 Å².